The molecule has 2 atom stereocenters. The molecule has 3 aliphatic rings. The molecule has 2 aromatic heterocycles. The Labute approximate surface area is 256 Å². The van der Waals surface area contributed by atoms with Crippen molar-refractivity contribution in [1.82, 2.24) is 14.9 Å². The summed E-state index contributed by atoms with van der Waals surface area (Å²) in [4.78, 5) is 46.8. The number of pyridine rings is 2. The van der Waals surface area contributed by atoms with E-state index in [1.807, 2.05) is 32.9 Å². The molecule has 1 aliphatic heterocycles. The number of amides is 1. The number of fused-ring (bicyclic) bond motifs is 5. The van der Waals surface area contributed by atoms with E-state index in [2.05, 4.69) is 46.4 Å². The Balaban J connectivity index is 0.000000220. The van der Waals surface area contributed by atoms with Gasteiger partial charge in [-0.3, -0.25) is 14.8 Å². The average Bonchev–Trinajstić information content (AvgIpc) is 3.50. The van der Waals surface area contributed by atoms with Gasteiger partial charge in [-0.15, -0.1) is 0 Å². The third kappa shape index (κ3) is 5.72. The van der Waals surface area contributed by atoms with Crippen LogP contribution in [-0.2, 0) is 4.74 Å². The van der Waals surface area contributed by atoms with Crippen LogP contribution >= 0.6 is 0 Å². The van der Waals surface area contributed by atoms with E-state index >= 15 is 0 Å². The fourth-order valence-corrected chi connectivity index (χ4v) is 6.48. The van der Waals surface area contributed by atoms with Crippen LogP contribution < -0.4 is 0 Å². The Morgan fingerprint density at radius 1 is 1.05 bits per heavy atom. The molecular weight excluding hydrogens is 554 g/mol. The van der Waals surface area contributed by atoms with Crippen molar-refractivity contribution < 1.29 is 24.2 Å². The number of nitrogens with zero attached hydrogens (tertiary/aromatic N) is 3. The molecule has 3 heterocycles. The van der Waals surface area contributed by atoms with Crippen LogP contribution in [0.5, 0.6) is 0 Å². The second-order valence-electron chi connectivity index (χ2n) is 12.5. The highest BCUT2D eigenvalue weighted by Gasteiger charge is 2.43. The summed E-state index contributed by atoms with van der Waals surface area (Å²) in [5.41, 5.74) is 4.80. The van der Waals surface area contributed by atoms with E-state index in [9.17, 15) is 14.4 Å². The maximum atomic E-state index is 14.0. The summed E-state index contributed by atoms with van der Waals surface area (Å²) in [5, 5.41) is 11.5. The zero-order valence-corrected chi connectivity index (χ0v) is 25.1. The van der Waals surface area contributed by atoms with Crippen LogP contribution in [0.3, 0.4) is 0 Å². The lowest BCUT2D eigenvalue weighted by atomic mass is 9.68. The van der Waals surface area contributed by atoms with Gasteiger partial charge < -0.3 is 14.7 Å². The maximum absolute atomic E-state index is 14.0. The lowest BCUT2D eigenvalue weighted by molar-refractivity contribution is 0.0283. The van der Waals surface area contributed by atoms with Gasteiger partial charge in [0.15, 0.2) is 5.78 Å². The summed E-state index contributed by atoms with van der Waals surface area (Å²) in [5.74, 6) is -0.788. The number of hydrogen-bond donors (Lipinski definition) is 1. The predicted molar refractivity (Wildman–Crippen MR) is 169 cm³/mol. The van der Waals surface area contributed by atoms with E-state index in [0.29, 0.717) is 13.1 Å². The Kier molecular flexibility index (Phi) is 7.76. The molecule has 224 valence electrons. The second-order valence-corrected chi connectivity index (χ2v) is 12.5. The van der Waals surface area contributed by atoms with E-state index in [0.717, 1.165) is 52.1 Å². The first-order valence-electron chi connectivity index (χ1n) is 15.0. The standard InChI is InChI=1S/C27H29NO3.C9H6N2O2/c1-27(2,3)31-26(30)28-15-14-18(16-28)23-21-11-7-6-10-20(21)22-13-12-17-8-4-5-9-19(17)24(22)25(23)29;12-9(13)7-3-6-4-10-2-1-8(6)11-5-7/h4-6,8-10,12-13,18,23H,7,11,14-16H2,1-3H3;1-5H,(H,12,13). The van der Waals surface area contributed by atoms with Gasteiger partial charge in [0.25, 0.3) is 0 Å². The topological polar surface area (TPSA) is 110 Å². The predicted octanol–water partition coefficient (Wildman–Crippen LogP) is 7.34. The number of ketones is 1. The highest BCUT2D eigenvalue weighted by molar-refractivity contribution is 6.17. The van der Waals surface area contributed by atoms with Gasteiger partial charge in [0.2, 0.25) is 0 Å². The molecule has 7 rings (SSSR count). The van der Waals surface area contributed by atoms with Gasteiger partial charge in [0, 0.05) is 48.5 Å². The fourth-order valence-electron chi connectivity index (χ4n) is 6.48. The van der Waals surface area contributed by atoms with Crippen LogP contribution in [0.2, 0.25) is 0 Å². The molecule has 2 aromatic carbocycles. The quantitative estimate of drug-likeness (QED) is 0.260. The lowest BCUT2D eigenvalue weighted by Gasteiger charge is -2.34. The Hall–Kier alpha value is -4.85. The normalized spacial score (nSPS) is 19.3. The number of carbonyl (C=O) groups excluding carboxylic acids is 2. The SMILES string of the molecule is CC(C)(C)OC(=O)N1CCC(C2C(=O)c3c(ccc4ccccc34)C3=C2CCC=C3)C1.O=C(O)c1cnc2ccncc2c1. The highest BCUT2D eigenvalue weighted by atomic mass is 16.6. The van der Waals surface area contributed by atoms with Crippen LogP contribution in [-0.4, -0.2) is 56.5 Å². The third-order valence-corrected chi connectivity index (χ3v) is 8.41. The van der Waals surface area contributed by atoms with E-state index < -0.39 is 11.6 Å². The van der Waals surface area contributed by atoms with Crippen LogP contribution in [0, 0.1) is 11.8 Å². The van der Waals surface area contributed by atoms with Gasteiger partial charge in [-0.1, -0.05) is 54.1 Å². The molecule has 0 bridgehead atoms. The van der Waals surface area contributed by atoms with Gasteiger partial charge >= 0.3 is 12.1 Å². The smallest absolute Gasteiger partial charge is 0.410 e. The maximum Gasteiger partial charge on any atom is 0.410 e. The van der Waals surface area contributed by atoms with Gasteiger partial charge in [-0.05, 0) is 80.0 Å². The number of hydrogen-bond acceptors (Lipinski definition) is 6. The average molecular weight is 590 g/mol. The Bertz CT molecular complexity index is 1850. The fraction of sp³-hybridized carbons (Fsp3) is 0.306. The van der Waals surface area contributed by atoms with Crippen molar-refractivity contribution in [3.8, 4) is 0 Å². The lowest BCUT2D eigenvalue weighted by Crippen LogP contribution is -2.37. The molecule has 8 heteroatoms. The molecule has 0 radical (unpaired) electrons. The van der Waals surface area contributed by atoms with Gasteiger partial charge in [-0.2, -0.15) is 0 Å². The van der Waals surface area contributed by atoms with Crippen molar-refractivity contribution in [2.24, 2.45) is 11.8 Å². The van der Waals surface area contributed by atoms with E-state index in [-0.39, 0.29) is 29.3 Å². The molecule has 8 nitrogen and oxygen atoms in total. The number of Topliss-reactive ketones (excluding diaryl/α,β-unsaturated/α-hetero) is 1. The van der Waals surface area contributed by atoms with Crippen LogP contribution in [0.4, 0.5) is 4.79 Å². The zero-order chi connectivity index (χ0) is 31.0. The first-order valence-corrected chi connectivity index (χ1v) is 15.0. The number of allylic oxidation sites excluding steroid dienone is 4. The van der Waals surface area contributed by atoms with Crippen molar-refractivity contribution in [2.45, 2.75) is 45.6 Å². The number of aromatic nitrogens is 2. The van der Waals surface area contributed by atoms with Gasteiger partial charge in [0.1, 0.15) is 5.60 Å². The minimum Gasteiger partial charge on any atom is -0.478 e. The first-order chi connectivity index (χ1) is 21.1. The minimum absolute atomic E-state index is 0.128. The Morgan fingerprint density at radius 2 is 1.86 bits per heavy atom. The number of aromatic carboxylic acids is 1. The van der Waals surface area contributed by atoms with Crippen molar-refractivity contribution in [1.29, 1.82) is 0 Å². The number of rotatable bonds is 2. The van der Waals surface area contributed by atoms with Crippen LogP contribution in [0.1, 0.15) is 66.3 Å². The number of benzene rings is 2. The molecule has 4 aromatic rings. The molecule has 1 saturated heterocycles. The molecule has 0 saturated carbocycles. The number of ether oxygens (including phenoxy) is 1. The zero-order valence-electron chi connectivity index (χ0n) is 25.1. The van der Waals surface area contributed by atoms with Crippen molar-refractivity contribution in [3.05, 3.63) is 102 Å². The van der Waals surface area contributed by atoms with E-state index in [1.54, 1.807) is 29.4 Å². The molecule has 0 spiro atoms. The van der Waals surface area contributed by atoms with E-state index in [1.165, 1.54) is 17.3 Å². The first kappa shape index (κ1) is 29.2. The van der Waals surface area contributed by atoms with Crippen molar-refractivity contribution >= 4 is 45.1 Å². The van der Waals surface area contributed by atoms with Crippen molar-refractivity contribution in [2.75, 3.05) is 13.1 Å². The molecule has 2 unspecified atom stereocenters. The van der Waals surface area contributed by atoms with Crippen LogP contribution in [0.25, 0.3) is 27.2 Å². The largest absolute Gasteiger partial charge is 0.478 e. The number of carboxylic acid groups (broad SMARTS) is 1. The molecule has 1 amide bonds. The van der Waals surface area contributed by atoms with Gasteiger partial charge in [0.05, 0.1) is 11.1 Å². The summed E-state index contributed by atoms with van der Waals surface area (Å²) in [6.45, 7) is 6.87. The van der Waals surface area contributed by atoms with Crippen LogP contribution in [0.15, 0.2) is 84.8 Å². The summed E-state index contributed by atoms with van der Waals surface area (Å²) in [6, 6.07) is 15.7. The third-order valence-electron chi connectivity index (χ3n) is 8.41. The number of carboxylic acids is 1. The second kappa shape index (κ2) is 11.7. The molecule has 1 fully saturated rings. The van der Waals surface area contributed by atoms with Crippen molar-refractivity contribution in [3.63, 3.8) is 0 Å². The highest BCUT2D eigenvalue weighted by Crippen LogP contribution is 2.46. The molecule has 44 heavy (non-hydrogen) atoms. The monoisotopic (exact) mass is 589 g/mol. The number of carbonyl (C=O) groups is 3. The summed E-state index contributed by atoms with van der Waals surface area (Å²) < 4.78 is 5.58. The molecule has 2 aliphatic carbocycles. The molecule has 1 N–H and O–H groups in total. The minimum atomic E-state index is -0.974. The van der Waals surface area contributed by atoms with Gasteiger partial charge in [-0.25, -0.2) is 9.59 Å². The molecular formula is C36H35N3O5. The van der Waals surface area contributed by atoms with E-state index in [4.69, 9.17) is 9.84 Å². The number of likely N-dealkylation sites (tertiary alicyclic amines) is 1. The summed E-state index contributed by atoms with van der Waals surface area (Å²) >= 11 is 0. The Morgan fingerprint density at radius 3 is 2.66 bits per heavy atom. The summed E-state index contributed by atoms with van der Waals surface area (Å²) in [6.07, 6.45) is 11.4. The summed E-state index contributed by atoms with van der Waals surface area (Å²) in [7, 11) is 0.